The minimum Gasteiger partial charge on any atom is -0.370 e. The largest absolute Gasteiger partial charge is 0.370 e. The van der Waals surface area contributed by atoms with Gasteiger partial charge in [0.15, 0.2) is 0 Å². The Balaban J connectivity index is 1.94. The fourth-order valence-corrected chi connectivity index (χ4v) is 3.23. The molecule has 1 amide bonds. The van der Waals surface area contributed by atoms with Crippen LogP contribution in [0.15, 0.2) is 18.2 Å². The molecule has 1 fully saturated rings. The number of ether oxygens (including phenoxy) is 1. The second-order valence-electron chi connectivity index (χ2n) is 5.34. The van der Waals surface area contributed by atoms with E-state index in [1.165, 1.54) is 0 Å². The molecule has 1 aliphatic rings. The van der Waals surface area contributed by atoms with E-state index >= 15 is 0 Å². The van der Waals surface area contributed by atoms with E-state index in [-0.39, 0.29) is 30.6 Å². The third-order valence-corrected chi connectivity index (χ3v) is 5.15. The standard InChI is InChI=1S/C14H18Cl2N2O4S/c15-11-4-3-10(8-12(11)16)13-9-18(5-6-22-13)14(19)2-1-7-23(17,20)21/h3-4,8,13H,1-2,5-7,9H2,(H2,17,20,21)/t13-/m1/s1. The number of carbonyl (C=O) groups excluding carboxylic acids is 1. The lowest BCUT2D eigenvalue weighted by atomic mass is 10.1. The summed E-state index contributed by atoms with van der Waals surface area (Å²) in [5, 5.41) is 5.82. The molecule has 9 heteroatoms. The minimum absolute atomic E-state index is 0.109. The molecule has 0 unspecified atom stereocenters. The van der Waals surface area contributed by atoms with Crippen molar-refractivity contribution in [3.63, 3.8) is 0 Å². The Morgan fingerprint density at radius 3 is 2.74 bits per heavy atom. The SMILES string of the molecule is NS(=O)(=O)CCCC(=O)N1CCO[C@@H](c2ccc(Cl)c(Cl)c2)C1. The number of primary sulfonamides is 1. The van der Waals surface area contributed by atoms with Crippen molar-refractivity contribution in [3.8, 4) is 0 Å². The number of hydrogen-bond acceptors (Lipinski definition) is 4. The molecular weight excluding hydrogens is 363 g/mol. The van der Waals surface area contributed by atoms with Crippen LogP contribution >= 0.6 is 23.2 Å². The smallest absolute Gasteiger partial charge is 0.222 e. The topological polar surface area (TPSA) is 89.7 Å². The highest BCUT2D eigenvalue weighted by Gasteiger charge is 2.25. The molecular formula is C14H18Cl2N2O4S. The van der Waals surface area contributed by atoms with Gasteiger partial charge >= 0.3 is 0 Å². The van der Waals surface area contributed by atoms with E-state index in [1.807, 2.05) is 6.07 Å². The van der Waals surface area contributed by atoms with Crippen molar-refractivity contribution in [1.82, 2.24) is 4.90 Å². The van der Waals surface area contributed by atoms with Crippen LogP contribution in [0.5, 0.6) is 0 Å². The summed E-state index contributed by atoms with van der Waals surface area (Å²) in [4.78, 5) is 13.8. The average molecular weight is 381 g/mol. The molecule has 0 aromatic heterocycles. The van der Waals surface area contributed by atoms with Crippen molar-refractivity contribution < 1.29 is 17.9 Å². The number of morpholine rings is 1. The quantitative estimate of drug-likeness (QED) is 0.844. The number of carbonyl (C=O) groups is 1. The van der Waals surface area contributed by atoms with E-state index in [0.717, 1.165) is 5.56 Å². The Morgan fingerprint density at radius 1 is 1.35 bits per heavy atom. The molecule has 0 spiro atoms. The van der Waals surface area contributed by atoms with Gasteiger partial charge in [-0.05, 0) is 24.1 Å². The number of hydrogen-bond donors (Lipinski definition) is 1. The summed E-state index contributed by atoms with van der Waals surface area (Å²) in [5.74, 6) is -0.304. The molecule has 128 valence electrons. The molecule has 2 rings (SSSR count). The van der Waals surface area contributed by atoms with Crippen molar-refractivity contribution in [2.24, 2.45) is 5.14 Å². The molecule has 0 bridgehead atoms. The van der Waals surface area contributed by atoms with Gasteiger partial charge in [0.05, 0.1) is 28.9 Å². The number of nitrogens with zero attached hydrogens (tertiary/aromatic N) is 1. The van der Waals surface area contributed by atoms with Gasteiger partial charge in [0.2, 0.25) is 15.9 Å². The molecule has 0 saturated carbocycles. The normalized spacial score (nSPS) is 18.9. The van der Waals surface area contributed by atoms with E-state index in [2.05, 4.69) is 0 Å². The zero-order valence-corrected chi connectivity index (χ0v) is 14.7. The van der Waals surface area contributed by atoms with Gasteiger partial charge in [-0.2, -0.15) is 0 Å². The minimum atomic E-state index is -3.54. The summed E-state index contributed by atoms with van der Waals surface area (Å²) in [7, 11) is -3.54. The van der Waals surface area contributed by atoms with E-state index in [9.17, 15) is 13.2 Å². The molecule has 1 atom stereocenters. The number of amides is 1. The Hall–Kier alpha value is -0.860. The van der Waals surface area contributed by atoms with E-state index in [0.29, 0.717) is 29.7 Å². The van der Waals surface area contributed by atoms with Crippen LogP contribution in [0.25, 0.3) is 0 Å². The lowest BCUT2D eigenvalue weighted by molar-refractivity contribution is -0.139. The molecule has 1 heterocycles. The number of benzene rings is 1. The third kappa shape index (κ3) is 5.61. The molecule has 0 radical (unpaired) electrons. The van der Waals surface area contributed by atoms with Crippen molar-refractivity contribution in [2.75, 3.05) is 25.4 Å². The van der Waals surface area contributed by atoms with E-state index < -0.39 is 10.0 Å². The first kappa shape index (κ1) is 18.5. The summed E-state index contributed by atoms with van der Waals surface area (Å²) < 4.78 is 27.5. The first-order valence-electron chi connectivity index (χ1n) is 7.11. The van der Waals surface area contributed by atoms with Gasteiger partial charge in [-0.3, -0.25) is 4.79 Å². The first-order valence-corrected chi connectivity index (χ1v) is 9.58. The number of sulfonamides is 1. The molecule has 1 aromatic carbocycles. The van der Waals surface area contributed by atoms with Gasteiger partial charge in [-0.1, -0.05) is 29.3 Å². The monoisotopic (exact) mass is 380 g/mol. The summed E-state index contributed by atoms with van der Waals surface area (Å²) in [6.45, 7) is 1.28. The lowest BCUT2D eigenvalue weighted by Crippen LogP contribution is -2.42. The molecule has 0 aliphatic carbocycles. The average Bonchev–Trinajstić information content (AvgIpc) is 2.49. The van der Waals surface area contributed by atoms with Crippen molar-refractivity contribution in [2.45, 2.75) is 18.9 Å². The Morgan fingerprint density at radius 2 is 2.09 bits per heavy atom. The summed E-state index contributed by atoms with van der Waals surface area (Å²) in [6, 6.07) is 5.23. The van der Waals surface area contributed by atoms with Crippen LogP contribution in [-0.2, 0) is 19.6 Å². The zero-order chi connectivity index (χ0) is 17.0. The van der Waals surface area contributed by atoms with Gasteiger partial charge in [0.25, 0.3) is 0 Å². The molecule has 1 saturated heterocycles. The van der Waals surface area contributed by atoms with Gasteiger partial charge in [0, 0.05) is 13.0 Å². The van der Waals surface area contributed by atoms with Crippen molar-refractivity contribution in [1.29, 1.82) is 0 Å². The first-order chi connectivity index (χ1) is 10.8. The highest BCUT2D eigenvalue weighted by atomic mass is 35.5. The fraction of sp³-hybridized carbons (Fsp3) is 0.500. The van der Waals surface area contributed by atoms with Crippen LogP contribution in [-0.4, -0.2) is 44.7 Å². The van der Waals surface area contributed by atoms with Crippen LogP contribution < -0.4 is 5.14 Å². The highest BCUT2D eigenvalue weighted by Crippen LogP contribution is 2.29. The lowest BCUT2D eigenvalue weighted by Gasteiger charge is -2.33. The molecule has 1 aliphatic heterocycles. The maximum absolute atomic E-state index is 12.2. The number of rotatable bonds is 5. The summed E-state index contributed by atoms with van der Waals surface area (Å²) >= 11 is 11.9. The van der Waals surface area contributed by atoms with Crippen LogP contribution in [0, 0.1) is 0 Å². The van der Waals surface area contributed by atoms with E-state index in [4.69, 9.17) is 33.1 Å². The number of halogens is 2. The number of nitrogens with two attached hydrogens (primary N) is 1. The van der Waals surface area contributed by atoms with Gasteiger partial charge in [-0.15, -0.1) is 0 Å². The van der Waals surface area contributed by atoms with Crippen molar-refractivity contribution in [3.05, 3.63) is 33.8 Å². The maximum Gasteiger partial charge on any atom is 0.222 e. The predicted molar refractivity (Wildman–Crippen MR) is 88.9 cm³/mol. The van der Waals surface area contributed by atoms with Crippen LogP contribution in [0.4, 0.5) is 0 Å². The fourth-order valence-electron chi connectivity index (χ4n) is 2.37. The summed E-state index contributed by atoms with van der Waals surface area (Å²) in [5.41, 5.74) is 0.849. The predicted octanol–water partition coefficient (Wildman–Crippen LogP) is 1.96. The second kappa shape index (κ2) is 7.81. The van der Waals surface area contributed by atoms with Crippen LogP contribution in [0.1, 0.15) is 24.5 Å². The Kier molecular flexibility index (Phi) is 6.27. The maximum atomic E-state index is 12.2. The highest BCUT2D eigenvalue weighted by molar-refractivity contribution is 7.89. The third-order valence-electron chi connectivity index (χ3n) is 3.55. The van der Waals surface area contributed by atoms with Crippen LogP contribution in [0.2, 0.25) is 10.0 Å². The Labute approximate surface area is 145 Å². The van der Waals surface area contributed by atoms with Gasteiger partial charge < -0.3 is 9.64 Å². The zero-order valence-electron chi connectivity index (χ0n) is 12.4. The summed E-state index contributed by atoms with van der Waals surface area (Å²) in [6.07, 6.45) is 0.0810. The Bertz CT molecular complexity index is 681. The second-order valence-corrected chi connectivity index (χ2v) is 7.89. The van der Waals surface area contributed by atoms with Crippen LogP contribution in [0.3, 0.4) is 0 Å². The molecule has 6 nitrogen and oxygen atoms in total. The van der Waals surface area contributed by atoms with Crippen molar-refractivity contribution >= 4 is 39.1 Å². The molecule has 1 aromatic rings. The molecule has 2 N–H and O–H groups in total. The van der Waals surface area contributed by atoms with Gasteiger partial charge in [0.1, 0.15) is 6.10 Å². The molecule has 23 heavy (non-hydrogen) atoms. The van der Waals surface area contributed by atoms with Gasteiger partial charge in [-0.25, -0.2) is 13.6 Å². The van der Waals surface area contributed by atoms with E-state index in [1.54, 1.807) is 17.0 Å².